The Labute approximate surface area is 122 Å². The van der Waals surface area contributed by atoms with Crippen molar-refractivity contribution in [1.82, 2.24) is 10.5 Å². The van der Waals surface area contributed by atoms with Crippen LogP contribution >= 0.6 is 11.6 Å². The second kappa shape index (κ2) is 6.54. The summed E-state index contributed by atoms with van der Waals surface area (Å²) in [7, 11) is 0. The highest BCUT2D eigenvalue weighted by Gasteiger charge is 2.09. The van der Waals surface area contributed by atoms with Crippen LogP contribution in [0.2, 0.25) is 5.02 Å². The maximum Gasteiger partial charge on any atom is 0.239 e. The van der Waals surface area contributed by atoms with Crippen molar-refractivity contribution in [2.75, 3.05) is 11.9 Å². The molecular weight excluding hydrogens is 278 g/mol. The molecule has 1 atom stereocenters. The summed E-state index contributed by atoms with van der Waals surface area (Å²) in [6.45, 7) is 3.94. The number of anilines is 1. The quantitative estimate of drug-likeness (QED) is 0.889. The van der Waals surface area contributed by atoms with Crippen LogP contribution in [-0.2, 0) is 4.79 Å². The molecule has 0 aliphatic rings. The van der Waals surface area contributed by atoms with E-state index in [1.165, 1.54) is 0 Å². The minimum absolute atomic E-state index is 0.0528. The summed E-state index contributed by atoms with van der Waals surface area (Å²) in [5.41, 5.74) is 1.07. The molecule has 2 aromatic rings. The van der Waals surface area contributed by atoms with Crippen LogP contribution in [0.4, 0.5) is 5.82 Å². The highest BCUT2D eigenvalue weighted by Crippen LogP contribution is 2.15. The smallest absolute Gasteiger partial charge is 0.239 e. The van der Waals surface area contributed by atoms with Gasteiger partial charge in [0.1, 0.15) is 5.76 Å². The summed E-state index contributed by atoms with van der Waals surface area (Å²) in [6, 6.07) is 9.23. The minimum Gasteiger partial charge on any atom is -0.360 e. The fraction of sp³-hybridized carbons (Fsp3) is 0.286. The van der Waals surface area contributed by atoms with E-state index in [0.29, 0.717) is 16.6 Å². The summed E-state index contributed by atoms with van der Waals surface area (Å²) in [5.74, 6) is 0.912. The molecule has 0 radical (unpaired) electrons. The summed E-state index contributed by atoms with van der Waals surface area (Å²) in [5, 5.41) is 10.2. The number of nitrogens with one attached hydrogen (secondary N) is 2. The molecule has 0 aliphatic heterocycles. The average molecular weight is 294 g/mol. The zero-order chi connectivity index (χ0) is 14.5. The summed E-state index contributed by atoms with van der Waals surface area (Å²) in [4.78, 5) is 11.7. The molecule has 0 saturated carbocycles. The number of hydrogen-bond acceptors (Lipinski definition) is 4. The van der Waals surface area contributed by atoms with Gasteiger partial charge in [0.05, 0.1) is 6.54 Å². The number of aromatic nitrogens is 1. The lowest BCUT2D eigenvalue weighted by Crippen LogP contribution is -2.30. The van der Waals surface area contributed by atoms with Gasteiger partial charge in [-0.3, -0.25) is 4.79 Å². The maximum atomic E-state index is 11.7. The van der Waals surface area contributed by atoms with Gasteiger partial charge in [-0.2, -0.15) is 0 Å². The standard InChI is InChI=1S/C14H16ClN3O2/c1-9-7-13(18-20-9)17-14(19)8-16-10(2)11-3-5-12(15)6-4-11/h3-7,10,16H,8H2,1-2H3,(H,17,18,19)/t10-/m1/s1. The lowest BCUT2D eigenvalue weighted by atomic mass is 10.1. The molecule has 1 aromatic carbocycles. The van der Waals surface area contributed by atoms with Crippen molar-refractivity contribution in [3.05, 3.63) is 46.7 Å². The van der Waals surface area contributed by atoms with Gasteiger partial charge in [-0.15, -0.1) is 0 Å². The fourth-order valence-electron chi connectivity index (χ4n) is 1.73. The molecule has 20 heavy (non-hydrogen) atoms. The van der Waals surface area contributed by atoms with Crippen LogP contribution in [0.25, 0.3) is 0 Å². The number of carbonyl (C=O) groups is 1. The Balaban J connectivity index is 1.82. The predicted molar refractivity (Wildman–Crippen MR) is 77.7 cm³/mol. The van der Waals surface area contributed by atoms with E-state index < -0.39 is 0 Å². The van der Waals surface area contributed by atoms with E-state index in [0.717, 1.165) is 5.56 Å². The fourth-order valence-corrected chi connectivity index (χ4v) is 1.85. The van der Waals surface area contributed by atoms with E-state index in [2.05, 4.69) is 15.8 Å². The third-order valence-corrected chi connectivity index (χ3v) is 3.09. The van der Waals surface area contributed by atoms with Crippen LogP contribution in [0.1, 0.15) is 24.3 Å². The van der Waals surface area contributed by atoms with Crippen LogP contribution in [0.3, 0.4) is 0 Å². The van der Waals surface area contributed by atoms with Gasteiger partial charge >= 0.3 is 0 Å². The molecule has 6 heteroatoms. The average Bonchev–Trinajstić information content (AvgIpc) is 2.82. The lowest BCUT2D eigenvalue weighted by Gasteiger charge is -2.13. The number of rotatable bonds is 5. The van der Waals surface area contributed by atoms with Crippen molar-refractivity contribution in [1.29, 1.82) is 0 Å². The molecule has 106 valence electrons. The molecule has 0 bridgehead atoms. The van der Waals surface area contributed by atoms with E-state index in [1.54, 1.807) is 13.0 Å². The Kier molecular flexibility index (Phi) is 4.76. The molecule has 1 heterocycles. The molecular formula is C14H16ClN3O2. The number of halogens is 1. The van der Waals surface area contributed by atoms with Crippen molar-refractivity contribution in [3.8, 4) is 0 Å². The topological polar surface area (TPSA) is 67.2 Å². The van der Waals surface area contributed by atoms with Gasteiger partial charge in [-0.1, -0.05) is 28.9 Å². The largest absolute Gasteiger partial charge is 0.360 e. The number of carbonyl (C=O) groups excluding carboxylic acids is 1. The van der Waals surface area contributed by atoms with E-state index >= 15 is 0 Å². The second-order valence-electron chi connectivity index (χ2n) is 4.53. The first-order chi connectivity index (χ1) is 9.54. The van der Waals surface area contributed by atoms with Crippen molar-refractivity contribution in [3.63, 3.8) is 0 Å². The summed E-state index contributed by atoms with van der Waals surface area (Å²) >= 11 is 5.84. The first-order valence-corrected chi connectivity index (χ1v) is 6.64. The third-order valence-electron chi connectivity index (χ3n) is 2.83. The molecule has 2 N–H and O–H groups in total. The predicted octanol–water partition coefficient (Wildman–Crippen LogP) is 2.93. The number of benzene rings is 1. The SMILES string of the molecule is Cc1cc(NC(=O)CN[C@H](C)c2ccc(Cl)cc2)no1. The van der Waals surface area contributed by atoms with Crippen LogP contribution in [0.5, 0.6) is 0 Å². The Hall–Kier alpha value is -1.85. The van der Waals surface area contributed by atoms with Gasteiger partial charge in [-0.25, -0.2) is 0 Å². The molecule has 5 nitrogen and oxygen atoms in total. The normalized spacial score (nSPS) is 12.2. The molecule has 0 saturated heterocycles. The molecule has 1 amide bonds. The van der Waals surface area contributed by atoms with E-state index in [4.69, 9.17) is 16.1 Å². The van der Waals surface area contributed by atoms with Gasteiger partial charge in [0, 0.05) is 17.1 Å². The van der Waals surface area contributed by atoms with E-state index in [1.807, 2.05) is 31.2 Å². The molecule has 1 aromatic heterocycles. The number of amides is 1. The van der Waals surface area contributed by atoms with E-state index in [-0.39, 0.29) is 18.5 Å². The first kappa shape index (κ1) is 14.6. The maximum absolute atomic E-state index is 11.7. The van der Waals surface area contributed by atoms with Crippen LogP contribution in [-0.4, -0.2) is 17.6 Å². The number of aryl methyl sites for hydroxylation is 1. The van der Waals surface area contributed by atoms with Gasteiger partial charge in [0.2, 0.25) is 5.91 Å². The minimum atomic E-state index is -0.167. The van der Waals surface area contributed by atoms with Crippen molar-refractivity contribution in [2.24, 2.45) is 0 Å². The molecule has 0 aliphatic carbocycles. The number of nitrogens with zero attached hydrogens (tertiary/aromatic N) is 1. The monoisotopic (exact) mass is 293 g/mol. The van der Waals surface area contributed by atoms with Gasteiger partial charge < -0.3 is 15.2 Å². The summed E-state index contributed by atoms with van der Waals surface area (Å²) < 4.78 is 4.87. The Morgan fingerprint density at radius 1 is 1.40 bits per heavy atom. The van der Waals surface area contributed by atoms with Crippen molar-refractivity contribution >= 4 is 23.3 Å². The van der Waals surface area contributed by atoms with E-state index in [9.17, 15) is 4.79 Å². The van der Waals surface area contributed by atoms with Gasteiger partial charge in [0.15, 0.2) is 5.82 Å². The lowest BCUT2D eigenvalue weighted by molar-refractivity contribution is -0.115. The molecule has 2 rings (SSSR count). The Morgan fingerprint density at radius 2 is 2.10 bits per heavy atom. The first-order valence-electron chi connectivity index (χ1n) is 6.26. The third kappa shape index (κ3) is 4.08. The highest BCUT2D eigenvalue weighted by molar-refractivity contribution is 6.30. The van der Waals surface area contributed by atoms with Crippen molar-refractivity contribution < 1.29 is 9.32 Å². The van der Waals surface area contributed by atoms with Gasteiger partial charge in [-0.05, 0) is 31.5 Å². The zero-order valence-corrected chi connectivity index (χ0v) is 12.1. The van der Waals surface area contributed by atoms with Crippen LogP contribution in [0.15, 0.2) is 34.9 Å². The second-order valence-corrected chi connectivity index (χ2v) is 4.96. The summed E-state index contributed by atoms with van der Waals surface area (Å²) in [6.07, 6.45) is 0. The van der Waals surface area contributed by atoms with Crippen molar-refractivity contribution in [2.45, 2.75) is 19.9 Å². The van der Waals surface area contributed by atoms with Crippen LogP contribution < -0.4 is 10.6 Å². The van der Waals surface area contributed by atoms with Gasteiger partial charge in [0.25, 0.3) is 0 Å². The highest BCUT2D eigenvalue weighted by atomic mass is 35.5. The van der Waals surface area contributed by atoms with Crippen LogP contribution in [0, 0.1) is 6.92 Å². The molecule has 0 unspecified atom stereocenters. The molecule has 0 spiro atoms. The Morgan fingerprint density at radius 3 is 2.70 bits per heavy atom. The molecule has 0 fully saturated rings. The zero-order valence-electron chi connectivity index (χ0n) is 11.3. The Bertz CT molecular complexity index is 580. The number of hydrogen-bond donors (Lipinski definition) is 2.